The van der Waals surface area contributed by atoms with E-state index < -0.39 is 10.0 Å². The lowest BCUT2D eigenvalue weighted by Gasteiger charge is -2.30. The molecular weight excluding hydrogens is 410 g/mol. The van der Waals surface area contributed by atoms with Crippen LogP contribution >= 0.6 is 0 Å². The van der Waals surface area contributed by atoms with E-state index in [9.17, 15) is 8.42 Å². The third kappa shape index (κ3) is 3.27. The van der Waals surface area contributed by atoms with Gasteiger partial charge in [-0.2, -0.15) is 5.10 Å². The Balaban J connectivity index is 1.68. The van der Waals surface area contributed by atoms with Gasteiger partial charge < -0.3 is 4.74 Å². The molecule has 1 aromatic heterocycles. The zero-order valence-electron chi connectivity index (χ0n) is 17.2. The lowest BCUT2D eigenvalue weighted by Crippen LogP contribution is -2.33. The highest BCUT2D eigenvalue weighted by Gasteiger charge is 2.34. The molecule has 0 fully saturated rings. The molecule has 0 saturated heterocycles. The predicted molar refractivity (Wildman–Crippen MR) is 120 cm³/mol. The van der Waals surface area contributed by atoms with Gasteiger partial charge in [0.2, 0.25) is 0 Å². The molecule has 0 amide bonds. The number of aromatic nitrogens is 2. The first-order valence-corrected chi connectivity index (χ1v) is 11.3. The standard InChI is InChI=1S/C24H21N3O3S/c1-17-8-11-21(12-9-17)31(28,29)27-16-18-15-26(19-6-4-3-5-7-19)25-24(18)22-13-10-20(30-2)14-23(22)27/h3-15H,16H2,1-2H3. The van der Waals surface area contributed by atoms with Gasteiger partial charge >= 0.3 is 0 Å². The van der Waals surface area contributed by atoms with Crippen molar-refractivity contribution in [3.63, 3.8) is 0 Å². The van der Waals surface area contributed by atoms with Gasteiger partial charge in [-0.1, -0.05) is 35.9 Å². The summed E-state index contributed by atoms with van der Waals surface area (Å²) in [4.78, 5) is 0.255. The van der Waals surface area contributed by atoms with Crippen LogP contribution in [0, 0.1) is 6.92 Å². The average Bonchev–Trinajstić information content (AvgIpc) is 3.23. The largest absolute Gasteiger partial charge is 0.497 e. The molecule has 0 radical (unpaired) electrons. The van der Waals surface area contributed by atoms with Crippen molar-refractivity contribution >= 4 is 15.7 Å². The van der Waals surface area contributed by atoms with Crippen molar-refractivity contribution in [3.05, 3.63) is 90.1 Å². The molecule has 0 spiro atoms. The van der Waals surface area contributed by atoms with Crippen molar-refractivity contribution in [1.82, 2.24) is 9.78 Å². The number of benzene rings is 3. The Labute approximate surface area is 181 Å². The van der Waals surface area contributed by atoms with Crippen LogP contribution in [0.3, 0.4) is 0 Å². The van der Waals surface area contributed by atoms with Gasteiger partial charge in [0.05, 0.1) is 35.6 Å². The average molecular weight is 432 g/mol. The number of hydrogen-bond donors (Lipinski definition) is 0. The number of anilines is 1. The molecule has 1 aliphatic heterocycles. The summed E-state index contributed by atoms with van der Waals surface area (Å²) in [6.45, 7) is 2.13. The summed E-state index contributed by atoms with van der Waals surface area (Å²) in [6, 6.07) is 22.1. The Morgan fingerprint density at radius 1 is 0.968 bits per heavy atom. The Bertz CT molecular complexity index is 1360. The molecule has 156 valence electrons. The van der Waals surface area contributed by atoms with Crippen molar-refractivity contribution < 1.29 is 13.2 Å². The first-order chi connectivity index (χ1) is 15.0. The molecular formula is C24H21N3O3S. The number of fused-ring (bicyclic) bond motifs is 3. The van der Waals surface area contributed by atoms with Gasteiger partial charge in [-0.25, -0.2) is 13.1 Å². The number of sulfonamides is 1. The maximum Gasteiger partial charge on any atom is 0.264 e. The van der Waals surface area contributed by atoms with E-state index in [4.69, 9.17) is 9.84 Å². The summed E-state index contributed by atoms with van der Waals surface area (Å²) in [5.74, 6) is 0.591. The van der Waals surface area contributed by atoms with Gasteiger partial charge in [0.25, 0.3) is 10.0 Å². The minimum atomic E-state index is -3.77. The predicted octanol–water partition coefficient (Wildman–Crippen LogP) is 4.57. The molecule has 0 bridgehead atoms. The minimum Gasteiger partial charge on any atom is -0.497 e. The minimum absolute atomic E-state index is 0.193. The molecule has 0 N–H and O–H groups in total. The molecule has 0 unspecified atom stereocenters. The Morgan fingerprint density at radius 2 is 1.71 bits per heavy atom. The monoisotopic (exact) mass is 431 g/mol. The van der Waals surface area contributed by atoms with Crippen LogP contribution in [-0.2, 0) is 16.6 Å². The first kappa shape index (κ1) is 19.4. The fourth-order valence-electron chi connectivity index (χ4n) is 3.80. The number of hydrogen-bond acceptors (Lipinski definition) is 4. The van der Waals surface area contributed by atoms with E-state index in [0.717, 1.165) is 28.1 Å². The van der Waals surface area contributed by atoms with E-state index in [1.165, 1.54) is 4.31 Å². The molecule has 31 heavy (non-hydrogen) atoms. The molecule has 3 aromatic carbocycles. The van der Waals surface area contributed by atoms with Gasteiger partial charge in [0.1, 0.15) is 5.75 Å². The quantitative estimate of drug-likeness (QED) is 0.475. The smallest absolute Gasteiger partial charge is 0.264 e. The summed E-state index contributed by atoms with van der Waals surface area (Å²) in [5.41, 5.74) is 4.86. The maximum absolute atomic E-state index is 13.6. The molecule has 1 aliphatic rings. The van der Waals surface area contributed by atoms with Crippen molar-refractivity contribution in [2.45, 2.75) is 18.4 Å². The van der Waals surface area contributed by atoms with Crippen molar-refractivity contribution in [2.75, 3.05) is 11.4 Å². The summed E-state index contributed by atoms with van der Waals surface area (Å²) in [7, 11) is -2.21. The number of ether oxygens (including phenoxy) is 1. The van der Waals surface area contributed by atoms with Gasteiger partial charge in [-0.3, -0.25) is 4.31 Å². The van der Waals surface area contributed by atoms with E-state index in [-0.39, 0.29) is 11.4 Å². The second-order valence-corrected chi connectivity index (χ2v) is 9.35. The number of nitrogens with zero attached hydrogens (tertiary/aromatic N) is 3. The Morgan fingerprint density at radius 3 is 2.42 bits per heavy atom. The number of aryl methyl sites for hydroxylation is 1. The topological polar surface area (TPSA) is 64.4 Å². The zero-order valence-corrected chi connectivity index (χ0v) is 18.0. The highest BCUT2D eigenvalue weighted by Crippen LogP contribution is 2.43. The molecule has 2 heterocycles. The van der Waals surface area contributed by atoms with E-state index in [1.807, 2.05) is 67.7 Å². The van der Waals surface area contributed by atoms with Gasteiger partial charge in [-0.15, -0.1) is 0 Å². The fourth-order valence-corrected chi connectivity index (χ4v) is 5.26. The van der Waals surface area contributed by atoms with Crippen LogP contribution in [0.25, 0.3) is 16.9 Å². The lowest BCUT2D eigenvalue weighted by atomic mass is 10.0. The van der Waals surface area contributed by atoms with Crippen LogP contribution < -0.4 is 9.04 Å². The number of para-hydroxylation sites is 1. The summed E-state index contributed by atoms with van der Waals surface area (Å²) in [6.07, 6.45) is 1.90. The van der Waals surface area contributed by atoms with Crippen LogP contribution in [0.4, 0.5) is 5.69 Å². The highest BCUT2D eigenvalue weighted by atomic mass is 32.2. The van der Waals surface area contributed by atoms with E-state index in [2.05, 4.69) is 0 Å². The van der Waals surface area contributed by atoms with Crippen LogP contribution in [-0.4, -0.2) is 25.3 Å². The maximum atomic E-state index is 13.6. The van der Waals surface area contributed by atoms with Crippen LogP contribution in [0.5, 0.6) is 5.75 Å². The molecule has 0 saturated carbocycles. The van der Waals surface area contributed by atoms with Gasteiger partial charge in [-0.05, 0) is 43.3 Å². The van der Waals surface area contributed by atoms with Crippen molar-refractivity contribution in [3.8, 4) is 22.7 Å². The lowest BCUT2D eigenvalue weighted by molar-refractivity contribution is 0.415. The first-order valence-electron chi connectivity index (χ1n) is 9.89. The molecule has 7 heteroatoms. The molecule has 0 aliphatic carbocycles. The summed E-state index contributed by atoms with van der Waals surface area (Å²) < 4.78 is 35.8. The van der Waals surface area contributed by atoms with Gasteiger partial charge in [0.15, 0.2) is 0 Å². The van der Waals surface area contributed by atoms with Crippen molar-refractivity contribution in [1.29, 1.82) is 0 Å². The Kier molecular flexibility index (Phi) is 4.55. The Hall–Kier alpha value is -3.58. The van der Waals surface area contributed by atoms with Crippen LogP contribution in [0.1, 0.15) is 11.1 Å². The normalized spacial score (nSPS) is 12.9. The third-order valence-electron chi connectivity index (χ3n) is 5.46. The van der Waals surface area contributed by atoms with E-state index in [0.29, 0.717) is 11.4 Å². The van der Waals surface area contributed by atoms with E-state index >= 15 is 0 Å². The summed E-state index contributed by atoms with van der Waals surface area (Å²) >= 11 is 0. The molecule has 4 aromatic rings. The molecule has 6 nitrogen and oxygen atoms in total. The van der Waals surface area contributed by atoms with Gasteiger partial charge in [0, 0.05) is 23.4 Å². The van der Waals surface area contributed by atoms with Crippen LogP contribution in [0.15, 0.2) is 83.9 Å². The summed E-state index contributed by atoms with van der Waals surface area (Å²) in [5, 5.41) is 4.77. The van der Waals surface area contributed by atoms with E-state index in [1.54, 1.807) is 30.0 Å². The molecule has 0 atom stereocenters. The second-order valence-electron chi connectivity index (χ2n) is 7.49. The number of methoxy groups -OCH3 is 1. The zero-order chi connectivity index (χ0) is 21.6. The van der Waals surface area contributed by atoms with Crippen LogP contribution in [0.2, 0.25) is 0 Å². The highest BCUT2D eigenvalue weighted by molar-refractivity contribution is 7.92. The molecule has 5 rings (SSSR count). The van der Waals surface area contributed by atoms with Crippen molar-refractivity contribution in [2.24, 2.45) is 0 Å². The number of rotatable bonds is 4. The fraction of sp³-hybridized carbons (Fsp3) is 0.125. The third-order valence-corrected chi connectivity index (χ3v) is 7.24. The second kappa shape index (κ2) is 7.28. The SMILES string of the molecule is COc1ccc2c(c1)N(S(=O)(=O)c1ccc(C)cc1)Cc1cn(-c3ccccc3)nc1-2.